The molecule has 1 heterocycles. The van der Waals surface area contributed by atoms with Crippen molar-refractivity contribution in [2.24, 2.45) is 0 Å². The molecule has 1 fully saturated rings. The third-order valence-electron chi connectivity index (χ3n) is 3.86. The third kappa shape index (κ3) is 3.41. The number of nitrogens with two attached hydrogens (primary N) is 1. The summed E-state index contributed by atoms with van der Waals surface area (Å²) in [5, 5.41) is 9.77. The zero-order valence-electron chi connectivity index (χ0n) is 12.7. The molecule has 0 bridgehead atoms. The number of nitrogens with zero attached hydrogens (tertiary/aromatic N) is 2. The Kier molecular flexibility index (Phi) is 4.35. The van der Waals surface area contributed by atoms with Gasteiger partial charge < -0.3 is 15.7 Å². The Labute approximate surface area is 130 Å². The van der Waals surface area contributed by atoms with E-state index in [0.29, 0.717) is 16.4 Å². The number of piperazine rings is 1. The molecule has 1 saturated heterocycles. The summed E-state index contributed by atoms with van der Waals surface area (Å²) >= 11 is 6.24. The van der Waals surface area contributed by atoms with E-state index in [1.165, 1.54) is 6.07 Å². The lowest BCUT2D eigenvalue weighted by atomic mass is 10.0. The van der Waals surface area contributed by atoms with Crippen molar-refractivity contribution in [1.29, 1.82) is 0 Å². The van der Waals surface area contributed by atoms with Gasteiger partial charge in [-0.05, 0) is 32.9 Å². The highest BCUT2D eigenvalue weighted by molar-refractivity contribution is 6.34. The van der Waals surface area contributed by atoms with E-state index in [2.05, 4.69) is 25.7 Å². The van der Waals surface area contributed by atoms with Gasteiger partial charge in [0.25, 0.3) is 0 Å². The summed E-state index contributed by atoms with van der Waals surface area (Å²) in [6.07, 6.45) is 0. The molecule has 1 aromatic carbocycles. The molecule has 1 aliphatic heterocycles. The number of benzene rings is 1. The number of nitrogen functional groups attached to an aromatic ring is 1. The molecular weight excluding hydrogens is 290 g/mol. The first kappa shape index (κ1) is 15.9. The summed E-state index contributed by atoms with van der Waals surface area (Å²) in [6, 6.07) is 3.08. The third-order valence-corrected chi connectivity index (χ3v) is 4.15. The zero-order valence-corrected chi connectivity index (χ0v) is 13.4. The van der Waals surface area contributed by atoms with Crippen molar-refractivity contribution in [3.63, 3.8) is 0 Å². The van der Waals surface area contributed by atoms with Crippen LogP contribution >= 0.6 is 11.6 Å². The number of hydrogen-bond acceptors (Lipinski definition) is 4. The molecule has 0 atom stereocenters. The van der Waals surface area contributed by atoms with Gasteiger partial charge in [-0.2, -0.15) is 0 Å². The van der Waals surface area contributed by atoms with Crippen molar-refractivity contribution in [2.45, 2.75) is 26.3 Å². The van der Waals surface area contributed by atoms with E-state index in [9.17, 15) is 9.90 Å². The predicted octanol–water partition coefficient (Wildman–Crippen LogP) is 2.54. The fourth-order valence-corrected chi connectivity index (χ4v) is 3.05. The van der Waals surface area contributed by atoms with Gasteiger partial charge in [0.15, 0.2) is 0 Å². The Hall–Kier alpha value is -1.46. The van der Waals surface area contributed by atoms with Crippen LogP contribution in [0.4, 0.5) is 11.4 Å². The molecule has 2 rings (SSSR count). The SMILES string of the molecule is CC(C)(C)N1CCN(c2c(Cl)cc(N)cc2C(=O)O)CC1. The van der Waals surface area contributed by atoms with Gasteiger partial charge in [0.1, 0.15) is 0 Å². The van der Waals surface area contributed by atoms with Crippen LogP contribution in [0.5, 0.6) is 0 Å². The average molecular weight is 312 g/mol. The zero-order chi connectivity index (χ0) is 15.8. The molecule has 0 amide bonds. The molecule has 0 radical (unpaired) electrons. The second-order valence-corrected chi connectivity index (χ2v) is 6.76. The lowest BCUT2D eigenvalue weighted by Crippen LogP contribution is -2.53. The quantitative estimate of drug-likeness (QED) is 0.821. The Morgan fingerprint density at radius 3 is 2.29 bits per heavy atom. The lowest BCUT2D eigenvalue weighted by Gasteiger charge is -2.43. The minimum Gasteiger partial charge on any atom is -0.478 e. The highest BCUT2D eigenvalue weighted by Crippen LogP contribution is 2.33. The molecule has 6 heteroatoms. The van der Waals surface area contributed by atoms with Crippen molar-refractivity contribution in [3.8, 4) is 0 Å². The van der Waals surface area contributed by atoms with E-state index in [1.807, 2.05) is 4.90 Å². The molecule has 0 aromatic heterocycles. The molecule has 1 aromatic rings. The Morgan fingerprint density at radius 2 is 1.81 bits per heavy atom. The first-order valence-electron chi connectivity index (χ1n) is 7.02. The molecular formula is C15H22ClN3O2. The number of anilines is 2. The number of carbonyl (C=O) groups is 1. The van der Waals surface area contributed by atoms with Crippen molar-refractivity contribution < 1.29 is 9.90 Å². The van der Waals surface area contributed by atoms with Crippen LogP contribution in [0.2, 0.25) is 5.02 Å². The first-order valence-corrected chi connectivity index (χ1v) is 7.40. The monoisotopic (exact) mass is 311 g/mol. The predicted molar refractivity (Wildman–Crippen MR) is 86.4 cm³/mol. The largest absolute Gasteiger partial charge is 0.478 e. The van der Waals surface area contributed by atoms with Gasteiger partial charge in [0.05, 0.1) is 16.3 Å². The van der Waals surface area contributed by atoms with Crippen molar-refractivity contribution >= 4 is 28.9 Å². The smallest absolute Gasteiger partial charge is 0.337 e. The van der Waals surface area contributed by atoms with Gasteiger partial charge in [-0.3, -0.25) is 4.90 Å². The summed E-state index contributed by atoms with van der Waals surface area (Å²) in [7, 11) is 0. The Bertz CT molecular complexity index is 547. The van der Waals surface area contributed by atoms with Crippen LogP contribution in [0.3, 0.4) is 0 Å². The van der Waals surface area contributed by atoms with Crippen molar-refractivity contribution in [2.75, 3.05) is 36.8 Å². The van der Waals surface area contributed by atoms with Crippen LogP contribution in [0.15, 0.2) is 12.1 Å². The van der Waals surface area contributed by atoms with Crippen LogP contribution in [-0.2, 0) is 0 Å². The van der Waals surface area contributed by atoms with Crippen LogP contribution in [0.1, 0.15) is 31.1 Å². The van der Waals surface area contributed by atoms with Gasteiger partial charge >= 0.3 is 5.97 Å². The van der Waals surface area contributed by atoms with Crippen LogP contribution in [-0.4, -0.2) is 47.7 Å². The Balaban J connectivity index is 2.26. The second kappa shape index (κ2) is 5.73. The van der Waals surface area contributed by atoms with Crippen molar-refractivity contribution in [1.82, 2.24) is 4.90 Å². The maximum absolute atomic E-state index is 11.4. The van der Waals surface area contributed by atoms with E-state index in [1.54, 1.807) is 6.07 Å². The number of rotatable bonds is 2. The average Bonchev–Trinajstić information content (AvgIpc) is 2.37. The molecule has 3 N–H and O–H groups in total. The number of aromatic carboxylic acids is 1. The molecule has 1 aliphatic rings. The minimum absolute atomic E-state index is 0.118. The molecule has 116 valence electrons. The standard InChI is InChI=1S/C15H22ClN3O2/c1-15(2,3)19-6-4-18(5-7-19)13-11(14(20)21)8-10(17)9-12(13)16/h8-9H,4-7,17H2,1-3H3,(H,20,21). The van der Waals surface area contributed by atoms with Gasteiger partial charge in [-0.15, -0.1) is 0 Å². The number of carboxylic acid groups (broad SMARTS) is 1. The van der Waals surface area contributed by atoms with E-state index in [4.69, 9.17) is 17.3 Å². The molecule has 21 heavy (non-hydrogen) atoms. The first-order chi connectivity index (χ1) is 9.70. The van der Waals surface area contributed by atoms with Gasteiger partial charge in [0, 0.05) is 37.4 Å². The Morgan fingerprint density at radius 1 is 1.24 bits per heavy atom. The van der Waals surface area contributed by atoms with Crippen LogP contribution in [0.25, 0.3) is 0 Å². The van der Waals surface area contributed by atoms with Crippen molar-refractivity contribution in [3.05, 3.63) is 22.7 Å². The van der Waals surface area contributed by atoms with E-state index >= 15 is 0 Å². The van der Waals surface area contributed by atoms with E-state index in [-0.39, 0.29) is 11.1 Å². The lowest BCUT2D eigenvalue weighted by molar-refractivity contribution is 0.0696. The fraction of sp³-hybridized carbons (Fsp3) is 0.533. The van der Waals surface area contributed by atoms with Crippen LogP contribution < -0.4 is 10.6 Å². The normalized spacial score (nSPS) is 17.0. The fourth-order valence-electron chi connectivity index (χ4n) is 2.71. The summed E-state index contributed by atoms with van der Waals surface area (Å²) in [5.41, 5.74) is 6.93. The topological polar surface area (TPSA) is 69.8 Å². The molecule has 0 saturated carbocycles. The molecule has 0 spiro atoms. The maximum atomic E-state index is 11.4. The maximum Gasteiger partial charge on any atom is 0.337 e. The number of carboxylic acids is 1. The summed E-state index contributed by atoms with van der Waals surface area (Å²) < 4.78 is 0. The summed E-state index contributed by atoms with van der Waals surface area (Å²) in [5.74, 6) is -1.00. The number of halogens is 1. The van der Waals surface area contributed by atoms with E-state index in [0.717, 1.165) is 26.2 Å². The van der Waals surface area contributed by atoms with Gasteiger partial charge in [-0.25, -0.2) is 4.79 Å². The second-order valence-electron chi connectivity index (χ2n) is 6.35. The molecule has 0 unspecified atom stereocenters. The highest BCUT2D eigenvalue weighted by atomic mass is 35.5. The highest BCUT2D eigenvalue weighted by Gasteiger charge is 2.28. The molecule has 0 aliphatic carbocycles. The summed E-state index contributed by atoms with van der Waals surface area (Å²) in [4.78, 5) is 15.9. The van der Waals surface area contributed by atoms with E-state index < -0.39 is 5.97 Å². The number of hydrogen-bond donors (Lipinski definition) is 2. The minimum atomic E-state index is -1.00. The molecule has 5 nitrogen and oxygen atoms in total. The van der Waals surface area contributed by atoms with Crippen LogP contribution in [0, 0.1) is 0 Å². The van der Waals surface area contributed by atoms with Gasteiger partial charge in [0.2, 0.25) is 0 Å². The van der Waals surface area contributed by atoms with Gasteiger partial charge in [-0.1, -0.05) is 11.6 Å². The summed E-state index contributed by atoms with van der Waals surface area (Å²) in [6.45, 7) is 9.81.